The highest BCUT2D eigenvalue weighted by molar-refractivity contribution is 5.90. The van der Waals surface area contributed by atoms with Crippen molar-refractivity contribution >= 4 is 5.91 Å². The molecule has 0 saturated heterocycles. The molecule has 0 heterocycles. The molecule has 0 aliphatic heterocycles. The molecule has 0 rings (SSSR count). The first-order chi connectivity index (χ1) is 3.18. The van der Waals surface area contributed by atoms with Crippen LogP contribution in [0.25, 0.3) is 0 Å². The van der Waals surface area contributed by atoms with Crippen LogP contribution in [-0.2, 0) is 4.79 Å². The molecule has 4 N–H and O–H groups in total. The van der Waals surface area contributed by atoms with Crippen molar-refractivity contribution in [3.05, 3.63) is 12.2 Å². The zero-order valence-corrected chi connectivity index (χ0v) is 5.46. The lowest BCUT2D eigenvalue weighted by Gasteiger charge is -1.88. The second-order valence-electron chi connectivity index (χ2n) is 1.29. The van der Waals surface area contributed by atoms with Crippen molar-refractivity contribution in [1.29, 1.82) is 0 Å². The van der Waals surface area contributed by atoms with Crippen LogP contribution in [0.3, 0.4) is 0 Å². The zero-order valence-electron chi connectivity index (χ0n) is 4.70. The Morgan fingerprint density at radius 3 is 2.12 bits per heavy atom. The molecule has 0 atom stereocenters. The first-order valence-corrected chi connectivity index (χ1v) is 1.91. The molecule has 0 aromatic carbocycles. The van der Waals surface area contributed by atoms with Crippen molar-refractivity contribution in [2.45, 2.75) is 6.92 Å². The van der Waals surface area contributed by atoms with E-state index in [0.717, 1.165) is 0 Å². The van der Waals surface area contributed by atoms with Crippen molar-refractivity contribution in [3.63, 3.8) is 0 Å². The number of quaternary nitrogens is 1. The van der Waals surface area contributed by atoms with Crippen LogP contribution in [-0.4, -0.2) is 5.91 Å². The van der Waals surface area contributed by atoms with Gasteiger partial charge in [0.1, 0.15) is 0 Å². The van der Waals surface area contributed by atoms with Gasteiger partial charge in [-0.05, 0) is 6.92 Å². The molecular formula is C4H9ClN2O. The molecule has 0 aromatic heterocycles. The number of hydrogen-bond acceptors (Lipinski definition) is 1. The van der Waals surface area contributed by atoms with Gasteiger partial charge in [-0.15, -0.1) is 0 Å². The van der Waals surface area contributed by atoms with E-state index < -0.39 is 0 Å². The van der Waals surface area contributed by atoms with Crippen molar-refractivity contribution in [3.8, 4) is 0 Å². The van der Waals surface area contributed by atoms with E-state index in [-0.39, 0.29) is 18.3 Å². The van der Waals surface area contributed by atoms with Gasteiger partial charge in [0.05, 0.1) is 0 Å². The number of nitrogens with one attached hydrogen (secondary N) is 1. The summed E-state index contributed by atoms with van der Waals surface area (Å²) in [5.41, 5.74) is 2.66. The minimum Gasteiger partial charge on any atom is -1.00 e. The third-order valence-corrected chi connectivity index (χ3v) is 0.548. The molecule has 0 aliphatic carbocycles. The van der Waals surface area contributed by atoms with Gasteiger partial charge >= 0.3 is 0 Å². The van der Waals surface area contributed by atoms with Gasteiger partial charge in [-0.3, -0.25) is 10.6 Å². The fourth-order valence-corrected chi connectivity index (χ4v) is 0.151. The average molecular weight is 137 g/mol. The van der Waals surface area contributed by atoms with Crippen LogP contribution < -0.4 is 23.7 Å². The molecule has 0 bridgehead atoms. The summed E-state index contributed by atoms with van der Waals surface area (Å²) in [5, 5.41) is 0. The minimum atomic E-state index is -0.208. The Morgan fingerprint density at radius 1 is 1.75 bits per heavy atom. The molecule has 1 amide bonds. The molecule has 0 aromatic rings. The summed E-state index contributed by atoms with van der Waals surface area (Å²) in [4.78, 5) is 10.2. The second-order valence-corrected chi connectivity index (χ2v) is 1.29. The van der Waals surface area contributed by atoms with Crippen LogP contribution in [0.2, 0.25) is 0 Å². The van der Waals surface area contributed by atoms with E-state index in [0.29, 0.717) is 5.57 Å². The average Bonchev–Trinajstić information content (AvgIpc) is 1.65. The molecule has 0 unspecified atom stereocenters. The number of halogens is 1. The Morgan fingerprint density at radius 2 is 2.12 bits per heavy atom. The summed E-state index contributed by atoms with van der Waals surface area (Å²) < 4.78 is 0. The van der Waals surface area contributed by atoms with Gasteiger partial charge in [0.25, 0.3) is 5.91 Å². The molecule has 8 heavy (non-hydrogen) atoms. The summed E-state index contributed by atoms with van der Waals surface area (Å²) in [6.45, 7) is 5.00. The molecule has 3 nitrogen and oxygen atoms in total. The second kappa shape index (κ2) is 4.61. The van der Waals surface area contributed by atoms with E-state index in [4.69, 9.17) is 0 Å². The van der Waals surface area contributed by atoms with E-state index in [2.05, 4.69) is 17.8 Å². The normalized spacial score (nSPS) is 6.75. The van der Waals surface area contributed by atoms with Gasteiger partial charge in [0.2, 0.25) is 0 Å². The van der Waals surface area contributed by atoms with Crippen LogP contribution in [0.5, 0.6) is 0 Å². The molecule has 48 valence electrons. The largest absolute Gasteiger partial charge is 1.00 e. The highest BCUT2D eigenvalue weighted by atomic mass is 35.5. The summed E-state index contributed by atoms with van der Waals surface area (Å²) >= 11 is 0. The molecule has 4 heteroatoms. The van der Waals surface area contributed by atoms with Gasteiger partial charge < -0.3 is 12.4 Å². The van der Waals surface area contributed by atoms with Crippen molar-refractivity contribution in [1.82, 2.24) is 5.43 Å². The first kappa shape index (κ1) is 10.4. The molecule has 0 saturated carbocycles. The van der Waals surface area contributed by atoms with Crippen LogP contribution in [0.4, 0.5) is 0 Å². The third-order valence-electron chi connectivity index (χ3n) is 0.548. The van der Waals surface area contributed by atoms with Crippen molar-refractivity contribution < 1.29 is 23.0 Å². The number of amides is 1. The lowest BCUT2D eigenvalue weighted by Crippen LogP contribution is -3.00. The lowest BCUT2D eigenvalue weighted by atomic mass is 10.3. The van der Waals surface area contributed by atoms with E-state index in [1.165, 1.54) is 0 Å². The summed E-state index contributed by atoms with van der Waals surface area (Å²) in [5.74, 6) is 2.94. The molecule has 0 fully saturated rings. The first-order valence-electron chi connectivity index (χ1n) is 1.91. The number of hydrogen-bond donors (Lipinski definition) is 2. The topological polar surface area (TPSA) is 56.7 Å². The molecular weight excluding hydrogens is 128 g/mol. The van der Waals surface area contributed by atoms with Crippen LogP contribution in [0.1, 0.15) is 6.92 Å². The van der Waals surface area contributed by atoms with Gasteiger partial charge in [-0.25, -0.2) is 5.43 Å². The Hall–Kier alpha value is -0.540. The Labute approximate surface area is 54.3 Å². The van der Waals surface area contributed by atoms with Crippen LogP contribution >= 0.6 is 0 Å². The van der Waals surface area contributed by atoms with Gasteiger partial charge in [0.15, 0.2) is 0 Å². The standard InChI is InChI=1S/C4H8N2O.ClH/c1-3(2)4(7)6-5;/h1,5H2,2H3,(H,6,7);1H. The lowest BCUT2D eigenvalue weighted by molar-refractivity contribution is -0.426. The Bertz CT molecular complexity index is 102. The fraction of sp³-hybridized carbons (Fsp3) is 0.250. The van der Waals surface area contributed by atoms with Crippen LogP contribution in [0.15, 0.2) is 12.2 Å². The highest BCUT2D eigenvalue weighted by Crippen LogP contribution is 1.80. The SMILES string of the molecule is C=C(C)C(=O)N[NH3+].[Cl-]. The predicted molar refractivity (Wildman–Crippen MR) is 25.8 cm³/mol. The fourth-order valence-electron chi connectivity index (χ4n) is 0.151. The van der Waals surface area contributed by atoms with Crippen molar-refractivity contribution in [2.75, 3.05) is 0 Å². The number of carbonyl (C=O) groups is 1. The Kier molecular flexibility index (Phi) is 6.02. The zero-order chi connectivity index (χ0) is 5.86. The maximum Gasteiger partial charge on any atom is 0.290 e. The highest BCUT2D eigenvalue weighted by Gasteiger charge is 1.95. The van der Waals surface area contributed by atoms with E-state index in [9.17, 15) is 4.79 Å². The summed E-state index contributed by atoms with van der Waals surface area (Å²) in [6.07, 6.45) is 0. The number of carbonyl (C=O) groups excluding carboxylic acids is 1. The van der Waals surface area contributed by atoms with E-state index >= 15 is 0 Å². The summed E-state index contributed by atoms with van der Waals surface area (Å²) in [7, 11) is 0. The molecule has 0 aliphatic rings. The molecule has 0 spiro atoms. The van der Waals surface area contributed by atoms with Gasteiger partial charge in [-0.1, -0.05) is 6.58 Å². The Balaban J connectivity index is 0. The maximum atomic E-state index is 10.2. The number of rotatable bonds is 1. The quantitative estimate of drug-likeness (QED) is 0.279. The van der Waals surface area contributed by atoms with E-state index in [1.54, 1.807) is 6.92 Å². The van der Waals surface area contributed by atoms with Crippen LogP contribution in [0, 0.1) is 0 Å². The molecule has 0 radical (unpaired) electrons. The third kappa shape index (κ3) is 3.64. The summed E-state index contributed by atoms with van der Waals surface area (Å²) in [6, 6.07) is 0. The minimum absolute atomic E-state index is 0. The van der Waals surface area contributed by atoms with Gasteiger partial charge in [0, 0.05) is 5.57 Å². The van der Waals surface area contributed by atoms with Gasteiger partial charge in [-0.2, -0.15) is 0 Å². The smallest absolute Gasteiger partial charge is 0.290 e. The predicted octanol–water partition coefficient (Wildman–Crippen LogP) is -4.16. The van der Waals surface area contributed by atoms with E-state index in [1.807, 2.05) is 0 Å². The maximum absolute atomic E-state index is 10.2. The monoisotopic (exact) mass is 136 g/mol. The van der Waals surface area contributed by atoms with Crippen molar-refractivity contribution in [2.24, 2.45) is 0 Å².